The van der Waals surface area contributed by atoms with Crippen LogP contribution in [0.15, 0.2) is 18.2 Å². The number of alkyl halides is 1. The molecule has 0 heterocycles. The molecule has 0 saturated carbocycles. The molecule has 0 bridgehead atoms. The van der Waals surface area contributed by atoms with Gasteiger partial charge >= 0.3 is 5.97 Å². The van der Waals surface area contributed by atoms with Crippen molar-refractivity contribution in [3.05, 3.63) is 29.3 Å². The molecule has 31 heavy (non-hydrogen) atoms. The van der Waals surface area contributed by atoms with Crippen molar-refractivity contribution in [3.63, 3.8) is 0 Å². The highest BCUT2D eigenvalue weighted by molar-refractivity contribution is 6.17. The largest absolute Gasteiger partial charge is 0.469 e. The van der Waals surface area contributed by atoms with Gasteiger partial charge in [0.15, 0.2) is 5.78 Å². The number of esters is 1. The van der Waals surface area contributed by atoms with Crippen LogP contribution in [-0.4, -0.2) is 36.7 Å². The molecule has 7 nitrogen and oxygen atoms in total. The second-order valence-corrected chi connectivity index (χ2v) is 7.93. The Labute approximate surface area is 189 Å². The standard InChI is InChI=1S/C23H33ClN2O5/c1-5-17-11-18(14-24)13-19(12-17)26-23(30)15(2)10-20(27)16(3)25-21(28)8-6-7-9-22(29)31-4/h11-13,15-16H,5-10,14H2,1-4H3,(H,25,28)(H,26,30). The van der Waals surface area contributed by atoms with Gasteiger partial charge in [-0.05, 0) is 49.4 Å². The summed E-state index contributed by atoms with van der Waals surface area (Å²) in [5, 5.41) is 5.50. The topological polar surface area (TPSA) is 102 Å². The first-order valence-corrected chi connectivity index (χ1v) is 11.1. The number of carbonyl (C=O) groups is 4. The first-order valence-electron chi connectivity index (χ1n) is 10.6. The van der Waals surface area contributed by atoms with E-state index in [0.29, 0.717) is 24.4 Å². The molecule has 2 N–H and O–H groups in total. The van der Waals surface area contributed by atoms with Crippen molar-refractivity contribution in [3.8, 4) is 0 Å². The molecule has 0 fully saturated rings. The zero-order valence-electron chi connectivity index (χ0n) is 18.8. The smallest absolute Gasteiger partial charge is 0.305 e. The maximum atomic E-state index is 12.5. The lowest BCUT2D eigenvalue weighted by Crippen LogP contribution is -2.39. The van der Waals surface area contributed by atoms with E-state index in [2.05, 4.69) is 15.4 Å². The van der Waals surface area contributed by atoms with Gasteiger partial charge in [-0.1, -0.05) is 19.9 Å². The summed E-state index contributed by atoms with van der Waals surface area (Å²) in [5.74, 6) is -1.23. The average Bonchev–Trinajstić information content (AvgIpc) is 2.75. The molecular formula is C23H33ClN2O5. The molecule has 0 aliphatic heterocycles. The molecule has 1 aromatic rings. The van der Waals surface area contributed by atoms with Gasteiger partial charge in [-0.3, -0.25) is 19.2 Å². The minimum atomic E-state index is -0.686. The third kappa shape index (κ3) is 9.96. The Kier molecular flexibility index (Phi) is 11.9. The van der Waals surface area contributed by atoms with E-state index in [1.807, 2.05) is 25.1 Å². The fourth-order valence-corrected chi connectivity index (χ4v) is 3.16. The van der Waals surface area contributed by atoms with Gasteiger partial charge in [0.1, 0.15) is 0 Å². The van der Waals surface area contributed by atoms with Crippen LogP contribution in [0.5, 0.6) is 0 Å². The lowest BCUT2D eigenvalue weighted by atomic mass is 9.99. The molecule has 0 saturated heterocycles. The van der Waals surface area contributed by atoms with Crippen LogP contribution in [0.2, 0.25) is 0 Å². The zero-order valence-corrected chi connectivity index (χ0v) is 19.5. The number of aryl methyl sites for hydroxylation is 1. The Bertz CT molecular complexity index is 759. The summed E-state index contributed by atoms with van der Waals surface area (Å²) in [5.41, 5.74) is 2.65. The lowest BCUT2D eigenvalue weighted by Gasteiger charge is -2.17. The van der Waals surface area contributed by atoms with Crippen LogP contribution < -0.4 is 10.6 Å². The molecule has 0 spiro atoms. The maximum Gasteiger partial charge on any atom is 0.305 e. The van der Waals surface area contributed by atoms with Crippen molar-refractivity contribution >= 4 is 40.9 Å². The molecule has 0 aromatic heterocycles. The number of amides is 2. The average molecular weight is 453 g/mol. The van der Waals surface area contributed by atoms with Crippen molar-refractivity contribution < 1.29 is 23.9 Å². The molecule has 0 aliphatic rings. The van der Waals surface area contributed by atoms with E-state index in [-0.39, 0.29) is 42.8 Å². The zero-order chi connectivity index (χ0) is 23.4. The number of nitrogens with one attached hydrogen (secondary N) is 2. The molecule has 2 atom stereocenters. The van der Waals surface area contributed by atoms with Gasteiger partial charge in [0.25, 0.3) is 0 Å². The normalized spacial score (nSPS) is 12.5. The summed E-state index contributed by atoms with van der Waals surface area (Å²) in [6.45, 7) is 5.31. The van der Waals surface area contributed by atoms with Crippen LogP contribution in [0.1, 0.15) is 64.0 Å². The van der Waals surface area contributed by atoms with Gasteiger partial charge in [-0.15, -0.1) is 11.6 Å². The van der Waals surface area contributed by atoms with Crippen LogP contribution in [0.4, 0.5) is 5.69 Å². The van der Waals surface area contributed by atoms with E-state index in [9.17, 15) is 19.2 Å². The summed E-state index contributed by atoms with van der Waals surface area (Å²) in [6, 6.07) is 5.03. The number of ketones is 1. The monoisotopic (exact) mass is 452 g/mol. The first-order chi connectivity index (χ1) is 14.7. The van der Waals surface area contributed by atoms with Crippen LogP contribution in [0.3, 0.4) is 0 Å². The molecule has 1 aromatic carbocycles. The van der Waals surface area contributed by atoms with Gasteiger partial charge in [0.2, 0.25) is 11.8 Å². The number of Topliss-reactive ketones (excluding diaryl/α,β-unsaturated/α-hetero) is 1. The van der Waals surface area contributed by atoms with Crippen molar-refractivity contribution in [2.24, 2.45) is 5.92 Å². The number of anilines is 1. The molecule has 1 rings (SSSR count). The summed E-state index contributed by atoms with van der Waals surface area (Å²) >= 11 is 5.92. The number of unbranched alkanes of at least 4 members (excludes halogenated alkanes) is 1. The number of hydrogen-bond acceptors (Lipinski definition) is 5. The number of benzene rings is 1. The quantitative estimate of drug-likeness (QED) is 0.269. The number of carbonyl (C=O) groups excluding carboxylic acids is 4. The van der Waals surface area contributed by atoms with Gasteiger partial charge in [-0.25, -0.2) is 0 Å². The van der Waals surface area contributed by atoms with Gasteiger partial charge in [0, 0.05) is 36.7 Å². The van der Waals surface area contributed by atoms with Crippen molar-refractivity contribution in [2.75, 3.05) is 12.4 Å². The Morgan fingerprint density at radius 3 is 2.29 bits per heavy atom. The third-order valence-electron chi connectivity index (χ3n) is 4.96. The summed E-state index contributed by atoms with van der Waals surface area (Å²) in [6.07, 6.45) is 2.40. The Hall–Kier alpha value is -2.41. The van der Waals surface area contributed by atoms with E-state index >= 15 is 0 Å². The molecule has 2 unspecified atom stereocenters. The molecular weight excluding hydrogens is 420 g/mol. The first kappa shape index (κ1) is 26.6. The third-order valence-corrected chi connectivity index (χ3v) is 5.27. The predicted octanol–water partition coefficient (Wildman–Crippen LogP) is 3.76. The summed E-state index contributed by atoms with van der Waals surface area (Å²) in [4.78, 5) is 48.0. The van der Waals surface area contributed by atoms with E-state index in [1.54, 1.807) is 13.8 Å². The molecule has 0 aliphatic carbocycles. The number of ether oxygens (including phenoxy) is 1. The van der Waals surface area contributed by atoms with Crippen molar-refractivity contribution in [1.29, 1.82) is 0 Å². The molecule has 172 valence electrons. The Morgan fingerprint density at radius 2 is 1.68 bits per heavy atom. The van der Waals surface area contributed by atoms with Crippen molar-refractivity contribution in [1.82, 2.24) is 5.32 Å². The highest BCUT2D eigenvalue weighted by Crippen LogP contribution is 2.19. The summed E-state index contributed by atoms with van der Waals surface area (Å²) in [7, 11) is 1.32. The molecule has 2 amide bonds. The minimum Gasteiger partial charge on any atom is -0.469 e. The second-order valence-electron chi connectivity index (χ2n) is 7.66. The predicted molar refractivity (Wildman–Crippen MR) is 121 cm³/mol. The number of methoxy groups -OCH3 is 1. The SMILES string of the molecule is CCc1cc(CCl)cc(NC(=O)C(C)CC(=O)C(C)NC(=O)CCCCC(=O)OC)c1. The highest BCUT2D eigenvalue weighted by atomic mass is 35.5. The fraction of sp³-hybridized carbons (Fsp3) is 0.565. The molecule has 8 heteroatoms. The van der Waals surface area contributed by atoms with Gasteiger partial charge < -0.3 is 15.4 Å². The van der Waals surface area contributed by atoms with Gasteiger partial charge in [0.05, 0.1) is 13.2 Å². The maximum absolute atomic E-state index is 12.5. The van der Waals surface area contributed by atoms with Crippen LogP contribution in [0.25, 0.3) is 0 Å². The van der Waals surface area contributed by atoms with Gasteiger partial charge in [-0.2, -0.15) is 0 Å². The van der Waals surface area contributed by atoms with E-state index < -0.39 is 12.0 Å². The highest BCUT2D eigenvalue weighted by Gasteiger charge is 2.22. The van der Waals surface area contributed by atoms with Crippen LogP contribution >= 0.6 is 11.6 Å². The number of rotatable bonds is 13. The summed E-state index contributed by atoms with van der Waals surface area (Å²) < 4.78 is 4.55. The molecule has 0 radical (unpaired) electrons. The fourth-order valence-electron chi connectivity index (χ4n) is 3.00. The Morgan fingerprint density at radius 1 is 1.03 bits per heavy atom. The Balaban J connectivity index is 2.48. The van der Waals surface area contributed by atoms with Crippen LogP contribution in [0, 0.1) is 5.92 Å². The number of hydrogen-bond donors (Lipinski definition) is 2. The van der Waals surface area contributed by atoms with E-state index in [1.165, 1.54) is 7.11 Å². The second kappa shape index (κ2) is 13.8. The minimum absolute atomic E-state index is 0.0193. The van der Waals surface area contributed by atoms with E-state index in [0.717, 1.165) is 17.5 Å². The van der Waals surface area contributed by atoms with Crippen molar-refractivity contribution in [2.45, 2.75) is 71.2 Å². The lowest BCUT2D eigenvalue weighted by molar-refractivity contribution is -0.140. The number of halogens is 1. The van der Waals surface area contributed by atoms with E-state index in [4.69, 9.17) is 11.6 Å². The van der Waals surface area contributed by atoms with Crippen LogP contribution in [-0.2, 0) is 36.2 Å².